The van der Waals surface area contributed by atoms with Crippen LogP contribution in [0.15, 0.2) is 41.0 Å². The van der Waals surface area contributed by atoms with E-state index in [2.05, 4.69) is 31.1 Å². The lowest BCUT2D eigenvalue weighted by molar-refractivity contribution is -0.121. The summed E-state index contributed by atoms with van der Waals surface area (Å²) >= 11 is 3.51. The van der Waals surface area contributed by atoms with Crippen LogP contribution in [-0.4, -0.2) is 41.0 Å². The number of halogens is 1. The third-order valence-electron chi connectivity index (χ3n) is 4.96. The zero-order valence-electron chi connectivity index (χ0n) is 16.0. The van der Waals surface area contributed by atoms with Crippen molar-refractivity contribution in [2.45, 2.75) is 45.8 Å². The van der Waals surface area contributed by atoms with E-state index in [0.29, 0.717) is 5.88 Å². The Morgan fingerprint density at radius 3 is 2.56 bits per heavy atom. The summed E-state index contributed by atoms with van der Waals surface area (Å²) in [5.41, 5.74) is 3.08. The number of carbonyl (C=O) groups is 1. The Kier molecular flexibility index (Phi) is 6.50. The zero-order valence-corrected chi connectivity index (χ0v) is 17.6. The van der Waals surface area contributed by atoms with Crippen LogP contribution in [0.3, 0.4) is 0 Å². The Hall–Kier alpha value is -1.92. The minimum Gasteiger partial charge on any atom is -0.474 e. The summed E-state index contributed by atoms with van der Waals surface area (Å²) in [6, 6.07) is 9.66. The van der Waals surface area contributed by atoms with Crippen LogP contribution in [0.1, 0.15) is 30.9 Å². The molecule has 2 aromatic rings. The van der Waals surface area contributed by atoms with E-state index in [1.165, 1.54) is 0 Å². The molecule has 3 rings (SSSR count). The van der Waals surface area contributed by atoms with E-state index in [1.807, 2.05) is 57.3 Å². The summed E-state index contributed by atoms with van der Waals surface area (Å²) in [6.07, 6.45) is 3.75. The number of aromatic nitrogens is 1. The molecule has 5 nitrogen and oxygen atoms in total. The van der Waals surface area contributed by atoms with Gasteiger partial charge in [0, 0.05) is 29.8 Å². The van der Waals surface area contributed by atoms with Crippen molar-refractivity contribution < 1.29 is 9.53 Å². The molecule has 1 saturated heterocycles. The standard InChI is InChI=1S/C21H26BrN3O2/c1-14-4-6-19(18(22)12-14)24-21(26)16(3)25-10-8-17(9-11-25)27-20-7-5-15(2)13-23-20/h4-7,12-13,16-17H,8-11H2,1-3H3,(H,24,26). The number of rotatable bonds is 5. The van der Waals surface area contributed by atoms with Crippen LogP contribution in [-0.2, 0) is 4.79 Å². The van der Waals surface area contributed by atoms with Crippen LogP contribution in [0.5, 0.6) is 5.88 Å². The van der Waals surface area contributed by atoms with E-state index in [0.717, 1.165) is 47.2 Å². The van der Waals surface area contributed by atoms with E-state index in [4.69, 9.17) is 4.74 Å². The average molecular weight is 432 g/mol. The quantitative estimate of drug-likeness (QED) is 0.764. The molecule has 1 amide bonds. The average Bonchev–Trinajstić information content (AvgIpc) is 2.66. The Labute approximate surface area is 169 Å². The van der Waals surface area contributed by atoms with E-state index >= 15 is 0 Å². The number of aryl methyl sites for hydroxylation is 2. The molecule has 2 heterocycles. The fourth-order valence-electron chi connectivity index (χ4n) is 3.20. The largest absolute Gasteiger partial charge is 0.474 e. The van der Waals surface area contributed by atoms with Crippen molar-refractivity contribution in [3.63, 3.8) is 0 Å². The first kappa shape index (κ1) is 19.8. The van der Waals surface area contributed by atoms with Crippen molar-refractivity contribution >= 4 is 27.5 Å². The second-order valence-corrected chi connectivity index (χ2v) is 8.03. The maximum Gasteiger partial charge on any atom is 0.241 e. The number of ether oxygens (including phenoxy) is 1. The lowest BCUT2D eigenvalue weighted by Crippen LogP contribution is -2.47. The SMILES string of the molecule is Cc1ccc(OC2CCN(C(C)C(=O)Nc3ccc(C)cc3Br)CC2)nc1. The topological polar surface area (TPSA) is 54.5 Å². The Morgan fingerprint density at radius 2 is 1.93 bits per heavy atom. The Morgan fingerprint density at radius 1 is 1.22 bits per heavy atom. The van der Waals surface area contributed by atoms with Crippen molar-refractivity contribution in [3.05, 3.63) is 52.1 Å². The third kappa shape index (κ3) is 5.30. The predicted molar refractivity (Wildman–Crippen MR) is 111 cm³/mol. The number of likely N-dealkylation sites (tertiary alicyclic amines) is 1. The highest BCUT2D eigenvalue weighted by Crippen LogP contribution is 2.24. The molecule has 0 spiro atoms. The molecule has 1 N–H and O–H groups in total. The van der Waals surface area contributed by atoms with Gasteiger partial charge in [-0.25, -0.2) is 4.98 Å². The van der Waals surface area contributed by atoms with Gasteiger partial charge in [0.15, 0.2) is 0 Å². The molecular weight excluding hydrogens is 406 g/mol. The molecule has 144 valence electrons. The monoisotopic (exact) mass is 431 g/mol. The molecular formula is C21H26BrN3O2. The van der Waals surface area contributed by atoms with Crippen LogP contribution in [0.2, 0.25) is 0 Å². The van der Waals surface area contributed by atoms with Gasteiger partial charge in [0.2, 0.25) is 11.8 Å². The number of pyridine rings is 1. The van der Waals surface area contributed by atoms with E-state index < -0.39 is 0 Å². The van der Waals surface area contributed by atoms with Gasteiger partial charge in [0.05, 0.1) is 11.7 Å². The lowest BCUT2D eigenvalue weighted by atomic mass is 10.1. The highest BCUT2D eigenvalue weighted by Gasteiger charge is 2.27. The summed E-state index contributed by atoms with van der Waals surface area (Å²) in [6.45, 7) is 7.66. The van der Waals surface area contributed by atoms with Gasteiger partial charge in [-0.1, -0.05) is 12.1 Å². The maximum absolute atomic E-state index is 12.6. The van der Waals surface area contributed by atoms with Crippen LogP contribution in [0.25, 0.3) is 0 Å². The van der Waals surface area contributed by atoms with Gasteiger partial charge in [-0.05, 0) is 72.8 Å². The first-order valence-electron chi connectivity index (χ1n) is 9.33. The first-order valence-corrected chi connectivity index (χ1v) is 10.1. The normalized spacial score (nSPS) is 16.7. The fourth-order valence-corrected chi connectivity index (χ4v) is 3.79. The minimum absolute atomic E-state index is 0.0131. The molecule has 1 fully saturated rings. The summed E-state index contributed by atoms with van der Waals surface area (Å²) < 4.78 is 6.88. The summed E-state index contributed by atoms with van der Waals surface area (Å²) in [5.74, 6) is 0.688. The lowest BCUT2D eigenvalue weighted by Gasteiger charge is -2.35. The summed E-state index contributed by atoms with van der Waals surface area (Å²) in [4.78, 5) is 19.2. The van der Waals surface area contributed by atoms with E-state index in [-0.39, 0.29) is 18.1 Å². The minimum atomic E-state index is -0.184. The van der Waals surface area contributed by atoms with Crippen LogP contribution < -0.4 is 10.1 Å². The highest BCUT2D eigenvalue weighted by molar-refractivity contribution is 9.10. The summed E-state index contributed by atoms with van der Waals surface area (Å²) in [5, 5.41) is 3.02. The molecule has 0 aliphatic carbocycles. The van der Waals surface area contributed by atoms with Gasteiger partial charge in [-0.3, -0.25) is 9.69 Å². The number of carbonyl (C=O) groups excluding carboxylic acids is 1. The van der Waals surface area contributed by atoms with Crippen LogP contribution in [0, 0.1) is 13.8 Å². The van der Waals surface area contributed by atoms with E-state index in [9.17, 15) is 4.79 Å². The number of nitrogens with one attached hydrogen (secondary N) is 1. The molecule has 6 heteroatoms. The molecule has 0 bridgehead atoms. The Bertz CT molecular complexity index is 787. The maximum atomic E-state index is 12.6. The van der Waals surface area contributed by atoms with Gasteiger partial charge in [-0.2, -0.15) is 0 Å². The molecule has 1 aromatic carbocycles. The second kappa shape index (κ2) is 8.85. The number of hydrogen-bond donors (Lipinski definition) is 1. The molecule has 1 aliphatic rings. The van der Waals surface area contributed by atoms with Crippen molar-refractivity contribution in [2.75, 3.05) is 18.4 Å². The van der Waals surface area contributed by atoms with Gasteiger partial charge in [-0.15, -0.1) is 0 Å². The summed E-state index contributed by atoms with van der Waals surface area (Å²) in [7, 11) is 0. The molecule has 1 atom stereocenters. The van der Waals surface area contributed by atoms with Crippen LogP contribution >= 0.6 is 15.9 Å². The molecule has 1 unspecified atom stereocenters. The number of amides is 1. The van der Waals surface area contributed by atoms with E-state index in [1.54, 1.807) is 0 Å². The van der Waals surface area contributed by atoms with Crippen molar-refractivity contribution in [1.82, 2.24) is 9.88 Å². The highest BCUT2D eigenvalue weighted by atomic mass is 79.9. The number of nitrogens with zero attached hydrogens (tertiary/aromatic N) is 2. The van der Waals surface area contributed by atoms with Crippen LogP contribution in [0.4, 0.5) is 5.69 Å². The second-order valence-electron chi connectivity index (χ2n) is 7.18. The molecule has 1 aromatic heterocycles. The molecule has 27 heavy (non-hydrogen) atoms. The van der Waals surface area contributed by atoms with Crippen molar-refractivity contribution in [1.29, 1.82) is 0 Å². The van der Waals surface area contributed by atoms with Gasteiger partial charge in [0.1, 0.15) is 6.10 Å². The zero-order chi connectivity index (χ0) is 19.4. The molecule has 0 saturated carbocycles. The predicted octanol–water partition coefficient (Wildman–Crippen LogP) is 4.33. The number of anilines is 1. The molecule has 0 radical (unpaired) electrons. The fraction of sp³-hybridized carbons (Fsp3) is 0.429. The number of benzene rings is 1. The first-order chi connectivity index (χ1) is 12.9. The Balaban J connectivity index is 1.50. The number of piperidine rings is 1. The number of hydrogen-bond acceptors (Lipinski definition) is 4. The smallest absolute Gasteiger partial charge is 0.241 e. The van der Waals surface area contributed by atoms with Crippen molar-refractivity contribution in [2.24, 2.45) is 0 Å². The van der Waals surface area contributed by atoms with Crippen molar-refractivity contribution in [3.8, 4) is 5.88 Å². The van der Waals surface area contributed by atoms with Gasteiger partial charge >= 0.3 is 0 Å². The van der Waals surface area contributed by atoms with Gasteiger partial charge in [0.25, 0.3) is 0 Å². The molecule has 1 aliphatic heterocycles. The van der Waals surface area contributed by atoms with Gasteiger partial charge < -0.3 is 10.1 Å². The third-order valence-corrected chi connectivity index (χ3v) is 5.61.